The Bertz CT molecular complexity index is 309. The average molecular weight is 281 g/mol. The molecule has 0 bridgehead atoms. The van der Waals surface area contributed by atoms with E-state index in [0.29, 0.717) is 18.2 Å². The fourth-order valence-corrected chi connectivity index (χ4v) is 4.74. The van der Waals surface area contributed by atoms with Crippen molar-refractivity contribution in [3.63, 3.8) is 0 Å². The van der Waals surface area contributed by atoms with Crippen molar-refractivity contribution in [1.29, 1.82) is 0 Å². The van der Waals surface area contributed by atoms with Crippen molar-refractivity contribution in [2.24, 2.45) is 5.92 Å². The SMILES string of the molecule is CNC(C1CCOC2(CCCCC2)C1)C1CCC(C)O1. The number of rotatable bonds is 3. The lowest BCUT2D eigenvalue weighted by Gasteiger charge is -2.46. The minimum atomic E-state index is 0.209. The van der Waals surface area contributed by atoms with Crippen molar-refractivity contribution in [2.45, 2.75) is 88.6 Å². The van der Waals surface area contributed by atoms with Crippen LogP contribution in [0.5, 0.6) is 0 Å². The van der Waals surface area contributed by atoms with Gasteiger partial charge in [-0.1, -0.05) is 19.3 Å². The smallest absolute Gasteiger partial charge is 0.0735 e. The fraction of sp³-hybridized carbons (Fsp3) is 1.00. The summed E-state index contributed by atoms with van der Waals surface area (Å²) in [4.78, 5) is 0. The van der Waals surface area contributed by atoms with Crippen LogP contribution in [0.1, 0.15) is 64.7 Å². The van der Waals surface area contributed by atoms with Crippen molar-refractivity contribution < 1.29 is 9.47 Å². The summed E-state index contributed by atoms with van der Waals surface area (Å²) < 4.78 is 12.4. The molecule has 0 radical (unpaired) electrons. The zero-order valence-corrected chi connectivity index (χ0v) is 13.2. The Labute approximate surface area is 123 Å². The maximum Gasteiger partial charge on any atom is 0.0735 e. The van der Waals surface area contributed by atoms with Crippen LogP contribution in [0.25, 0.3) is 0 Å². The zero-order valence-electron chi connectivity index (χ0n) is 13.2. The molecule has 1 saturated carbocycles. The molecule has 2 saturated heterocycles. The molecule has 116 valence electrons. The van der Waals surface area contributed by atoms with E-state index < -0.39 is 0 Å². The second kappa shape index (κ2) is 6.33. The van der Waals surface area contributed by atoms with Gasteiger partial charge in [0.1, 0.15) is 0 Å². The monoisotopic (exact) mass is 281 g/mol. The van der Waals surface area contributed by atoms with Gasteiger partial charge in [-0.2, -0.15) is 0 Å². The summed E-state index contributed by atoms with van der Waals surface area (Å²) in [5.41, 5.74) is 0.209. The first kappa shape index (κ1) is 14.8. The van der Waals surface area contributed by atoms with Gasteiger partial charge in [0.15, 0.2) is 0 Å². The van der Waals surface area contributed by atoms with Crippen LogP contribution < -0.4 is 5.32 Å². The maximum absolute atomic E-state index is 6.25. The lowest BCUT2D eigenvalue weighted by molar-refractivity contribution is -0.128. The molecule has 3 rings (SSSR count). The standard InChI is InChI=1S/C17H31NO2/c1-13-6-7-15(20-13)16(18-2)14-8-11-19-17(12-14)9-4-3-5-10-17/h13-16,18H,3-12H2,1-2H3. The lowest BCUT2D eigenvalue weighted by Crippen LogP contribution is -2.51. The summed E-state index contributed by atoms with van der Waals surface area (Å²) in [6, 6.07) is 0.516. The number of ether oxygens (including phenoxy) is 2. The van der Waals surface area contributed by atoms with E-state index in [4.69, 9.17) is 9.47 Å². The third kappa shape index (κ3) is 3.05. The van der Waals surface area contributed by atoms with Gasteiger partial charge in [0.05, 0.1) is 17.8 Å². The second-order valence-corrected chi connectivity index (χ2v) is 7.22. The minimum absolute atomic E-state index is 0.209. The first-order valence-corrected chi connectivity index (χ1v) is 8.69. The molecule has 3 heteroatoms. The third-order valence-corrected chi connectivity index (χ3v) is 5.80. The summed E-state index contributed by atoms with van der Waals surface area (Å²) in [5.74, 6) is 0.724. The molecule has 0 amide bonds. The summed E-state index contributed by atoms with van der Waals surface area (Å²) >= 11 is 0. The summed E-state index contributed by atoms with van der Waals surface area (Å²) in [6.45, 7) is 3.16. The van der Waals surface area contributed by atoms with Gasteiger partial charge in [0.2, 0.25) is 0 Å². The van der Waals surface area contributed by atoms with E-state index >= 15 is 0 Å². The van der Waals surface area contributed by atoms with Crippen molar-refractivity contribution in [3.8, 4) is 0 Å². The maximum atomic E-state index is 6.25. The minimum Gasteiger partial charge on any atom is -0.375 e. The Balaban J connectivity index is 1.65. The molecular formula is C17H31NO2. The molecule has 4 atom stereocenters. The first-order valence-electron chi connectivity index (χ1n) is 8.69. The van der Waals surface area contributed by atoms with E-state index in [1.165, 1.54) is 57.8 Å². The van der Waals surface area contributed by atoms with Crippen molar-refractivity contribution in [2.75, 3.05) is 13.7 Å². The topological polar surface area (TPSA) is 30.5 Å². The van der Waals surface area contributed by atoms with Gasteiger partial charge >= 0.3 is 0 Å². The van der Waals surface area contributed by atoms with Crippen LogP contribution in [0, 0.1) is 5.92 Å². The van der Waals surface area contributed by atoms with E-state index in [-0.39, 0.29) is 5.60 Å². The highest BCUT2D eigenvalue weighted by Crippen LogP contribution is 2.42. The molecule has 0 aromatic heterocycles. The summed E-state index contributed by atoms with van der Waals surface area (Å²) in [6.07, 6.45) is 12.4. The molecule has 20 heavy (non-hydrogen) atoms. The molecule has 3 fully saturated rings. The number of hydrogen-bond donors (Lipinski definition) is 1. The molecule has 0 aromatic carbocycles. The van der Waals surface area contributed by atoms with Crippen molar-refractivity contribution in [1.82, 2.24) is 5.32 Å². The summed E-state index contributed by atoms with van der Waals surface area (Å²) in [7, 11) is 2.11. The van der Waals surface area contributed by atoms with Crippen LogP contribution in [-0.2, 0) is 9.47 Å². The van der Waals surface area contributed by atoms with E-state index in [9.17, 15) is 0 Å². The van der Waals surface area contributed by atoms with Gasteiger partial charge < -0.3 is 14.8 Å². The van der Waals surface area contributed by atoms with Crippen LogP contribution in [0.4, 0.5) is 0 Å². The number of likely N-dealkylation sites (N-methyl/N-ethyl adjacent to an activating group) is 1. The van der Waals surface area contributed by atoms with Gasteiger partial charge in [0.25, 0.3) is 0 Å². The Morgan fingerprint density at radius 3 is 2.55 bits per heavy atom. The lowest BCUT2D eigenvalue weighted by atomic mass is 9.73. The molecule has 3 aliphatic rings. The van der Waals surface area contributed by atoms with Gasteiger partial charge in [-0.05, 0) is 58.4 Å². The second-order valence-electron chi connectivity index (χ2n) is 7.22. The highest BCUT2D eigenvalue weighted by molar-refractivity contribution is 4.96. The molecule has 1 aliphatic carbocycles. The molecule has 1 spiro atoms. The molecule has 0 aromatic rings. The molecule has 2 aliphatic heterocycles. The fourth-order valence-electron chi connectivity index (χ4n) is 4.74. The Hall–Kier alpha value is -0.120. The van der Waals surface area contributed by atoms with Crippen molar-refractivity contribution >= 4 is 0 Å². The van der Waals surface area contributed by atoms with Crippen LogP contribution >= 0.6 is 0 Å². The normalized spacial score (nSPS) is 39.0. The Morgan fingerprint density at radius 2 is 1.90 bits per heavy atom. The first-order chi connectivity index (χ1) is 9.72. The van der Waals surface area contributed by atoms with Crippen LogP contribution in [-0.4, -0.2) is 37.5 Å². The molecule has 1 N–H and O–H groups in total. The molecule has 3 nitrogen and oxygen atoms in total. The van der Waals surface area contributed by atoms with Gasteiger partial charge in [0, 0.05) is 12.6 Å². The van der Waals surface area contributed by atoms with Crippen LogP contribution in [0.15, 0.2) is 0 Å². The molecular weight excluding hydrogens is 250 g/mol. The van der Waals surface area contributed by atoms with Crippen molar-refractivity contribution in [3.05, 3.63) is 0 Å². The quantitative estimate of drug-likeness (QED) is 0.861. The number of nitrogens with one attached hydrogen (secondary N) is 1. The molecule has 2 heterocycles. The third-order valence-electron chi connectivity index (χ3n) is 5.80. The Kier molecular flexibility index (Phi) is 4.68. The van der Waals surface area contributed by atoms with E-state index in [0.717, 1.165) is 12.5 Å². The van der Waals surface area contributed by atoms with Gasteiger partial charge in [-0.3, -0.25) is 0 Å². The van der Waals surface area contributed by atoms with Gasteiger partial charge in [-0.25, -0.2) is 0 Å². The van der Waals surface area contributed by atoms with E-state index in [1.54, 1.807) is 0 Å². The van der Waals surface area contributed by atoms with Gasteiger partial charge in [-0.15, -0.1) is 0 Å². The average Bonchev–Trinajstić information content (AvgIpc) is 2.87. The highest BCUT2D eigenvalue weighted by Gasteiger charge is 2.43. The highest BCUT2D eigenvalue weighted by atomic mass is 16.5. The number of hydrogen-bond acceptors (Lipinski definition) is 3. The zero-order chi connectivity index (χ0) is 14.0. The Morgan fingerprint density at radius 1 is 1.10 bits per heavy atom. The van der Waals surface area contributed by atoms with Crippen LogP contribution in [0.3, 0.4) is 0 Å². The molecule has 4 unspecified atom stereocenters. The van der Waals surface area contributed by atoms with E-state index in [2.05, 4.69) is 19.3 Å². The van der Waals surface area contributed by atoms with Crippen LogP contribution in [0.2, 0.25) is 0 Å². The predicted molar refractivity (Wildman–Crippen MR) is 80.9 cm³/mol. The summed E-state index contributed by atoms with van der Waals surface area (Å²) in [5, 5.41) is 3.58. The predicted octanol–water partition coefficient (Wildman–Crippen LogP) is 3.27. The van der Waals surface area contributed by atoms with E-state index in [1.807, 2.05) is 0 Å². The largest absolute Gasteiger partial charge is 0.375 e.